The average Bonchev–Trinajstić information content (AvgIpc) is 3.16. The van der Waals surface area contributed by atoms with Gasteiger partial charge in [0.1, 0.15) is 12.2 Å². The lowest BCUT2D eigenvalue weighted by Crippen LogP contribution is -2.22. The van der Waals surface area contributed by atoms with Crippen molar-refractivity contribution in [3.63, 3.8) is 0 Å². The number of nitrogens with one attached hydrogen (secondary N) is 1. The second-order valence-corrected chi connectivity index (χ2v) is 7.49. The first-order valence-electron chi connectivity index (χ1n) is 10.5. The number of carbonyl (C=O) groups excluding carboxylic acids is 1. The quantitative estimate of drug-likeness (QED) is 0.486. The Balaban J connectivity index is 1.52. The van der Waals surface area contributed by atoms with E-state index < -0.39 is 11.9 Å². The van der Waals surface area contributed by atoms with Gasteiger partial charge >= 0.3 is 0 Å². The molecule has 5 rings (SSSR count). The molecule has 1 atom stereocenters. The summed E-state index contributed by atoms with van der Waals surface area (Å²) in [4.78, 5) is 25.8. The Hall–Kier alpha value is -4.06. The third-order valence-corrected chi connectivity index (χ3v) is 5.44. The molecule has 0 fully saturated rings. The van der Waals surface area contributed by atoms with Gasteiger partial charge in [-0.3, -0.25) is 9.59 Å². The Bertz CT molecular complexity index is 1360. The van der Waals surface area contributed by atoms with Crippen molar-refractivity contribution >= 4 is 16.9 Å². The van der Waals surface area contributed by atoms with E-state index in [1.165, 1.54) is 0 Å². The summed E-state index contributed by atoms with van der Waals surface area (Å²) in [6.45, 7) is 2.74. The number of benzene rings is 3. The van der Waals surface area contributed by atoms with Crippen molar-refractivity contribution in [3.8, 4) is 11.5 Å². The molecule has 1 aliphatic heterocycles. The summed E-state index contributed by atoms with van der Waals surface area (Å²) in [6.07, 6.45) is 0. The van der Waals surface area contributed by atoms with Crippen LogP contribution in [0.2, 0.25) is 0 Å². The van der Waals surface area contributed by atoms with Gasteiger partial charge in [-0.25, -0.2) is 0 Å². The fourth-order valence-electron chi connectivity index (χ4n) is 3.93. The molecule has 2 heterocycles. The SMILES string of the molecule is CCOc1cc(C2NC(=O)c3oc4ccccc4c(=O)c32)ccc1OCc1ccccc1. The van der Waals surface area contributed by atoms with Crippen molar-refractivity contribution in [2.75, 3.05) is 6.61 Å². The molecule has 32 heavy (non-hydrogen) atoms. The summed E-state index contributed by atoms with van der Waals surface area (Å²) < 4.78 is 17.5. The largest absolute Gasteiger partial charge is 0.490 e. The van der Waals surface area contributed by atoms with Crippen LogP contribution in [0.3, 0.4) is 0 Å². The Morgan fingerprint density at radius 1 is 0.906 bits per heavy atom. The lowest BCUT2D eigenvalue weighted by molar-refractivity contribution is 0.0938. The molecule has 0 radical (unpaired) electrons. The van der Waals surface area contributed by atoms with Gasteiger partial charge in [-0.05, 0) is 42.3 Å². The summed E-state index contributed by atoms with van der Waals surface area (Å²) in [5.41, 5.74) is 2.25. The van der Waals surface area contributed by atoms with E-state index in [1.807, 2.05) is 43.3 Å². The summed E-state index contributed by atoms with van der Waals surface area (Å²) in [5, 5.41) is 3.31. The Kier molecular flexibility index (Phi) is 5.11. The first kappa shape index (κ1) is 19.9. The van der Waals surface area contributed by atoms with Crippen LogP contribution in [0.5, 0.6) is 11.5 Å². The monoisotopic (exact) mass is 427 g/mol. The number of rotatable bonds is 6. The molecule has 4 aromatic rings. The fraction of sp³-hybridized carbons (Fsp3) is 0.154. The molecular weight excluding hydrogens is 406 g/mol. The van der Waals surface area contributed by atoms with Gasteiger partial charge in [-0.15, -0.1) is 0 Å². The van der Waals surface area contributed by atoms with Crippen molar-refractivity contribution in [3.05, 3.63) is 105 Å². The maximum atomic E-state index is 13.2. The number of amides is 1. The Morgan fingerprint density at radius 3 is 2.50 bits per heavy atom. The summed E-state index contributed by atoms with van der Waals surface area (Å²) in [7, 11) is 0. The minimum Gasteiger partial charge on any atom is -0.490 e. The molecule has 1 N–H and O–H groups in total. The molecule has 1 unspecified atom stereocenters. The van der Waals surface area contributed by atoms with Crippen molar-refractivity contribution in [1.82, 2.24) is 5.32 Å². The second-order valence-electron chi connectivity index (χ2n) is 7.49. The molecule has 1 amide bonds. The second kappa shape index (κ2) is 8.23. The van der Waals surface area contributed by atoms with E-state index in [0.29, 0.717) is 41.2 Å². The zero-order chi connectivity index (χ0) is 22.1. The third kappa shape index (κ3) is 3.50. The van der Waals surface area contributed by atoms with Gasteiger partial charge in [0.2, 0.25) is 5.76 Å². The molecule has 1 aromatic heterocycles. The highest BCUT2D eigenvalue weighted by Gasteiger charge is 2.36. The van der Waals surface area contributed by atoms with Crippen LogP contribution in [-0.4, -0.2) is 12.5 Å². The highest BCUT2D eigenvalue weighted by molar-refractivity contribution is 5.99. The van der Waals surface area contributed by atoms with E-state index in [-0.39, 0.29) is 11.2 Å². The predicted molar refractivity (Wildman–Crippen MR) is 120 cm³/mol. The smallest absolute Gasteiger partial charge is 0.288 e. The van der Waals surface area contributed by atoms with Gasteiger partial charge in [-0.2, -0.15) is 0 Å². The summed E-state index contributed by atoms with van der Waals surface area (Å²) >= 11 is 0. The molecule has 0 aliphatic carbocycles. The fourth-order valence-corrected chi connectivity index (χ4v) is 3.93. The number of ether oxygens (including phenoxy) is 2. The van der Waals surface area contributed by atoms with Gasteiger partial charge in [0.15, 0.2) is 16.9 Å². The van der Waals surface area contributed by atoms with Crippen LogP contribution < -0.4 is 20.2 Å². The lowest BCUT2D eigenvalue weighted by atomic mass is 9.99. The van der Waals surface area contributed by atoms with Gasteiger partial charge in [0.25, 0.3) is 5.91 Å². The molecule has 0 spiro atoms. The van der Waals surface area contributed by atoms with Crippen LogP contribution >= 0.6 is 0 Å². The van der Waals surface area contributed by atoms with Crippen molar-refractivity contribution in [2.45, 2.75) is 19.6 Å². The highest BCUT2D eigenvalue weighted by Crippen LogP contribution is 2.36. The minimum absolute atomic E-state index is 0.0565. The molecule has 0 saturated heterocycles. The topological polar surface area (TPSA) is 77.8 Å². The van der Waals surface area contributed by atoms with Crippen molar-refractivity contribution in [1.29, 1.82) is 0 Å². The van der Waals surface area contributed by atoms with Crippen molar-refractivity contribution in [2.24, 2.45) is 0 Å². The molecule has 160 valence electrons. The highest BCUT2D eigenvalue weighted by atomic mass is 16.5. The molecule has 6 heteroatoms. The molecule has 1 aliphatic rings. The molecule has 3 aromatic carbocycles. The Labute approximate surface area is 184 Å². The van der Waals surface area contributed by atoms with E-state index in [1.54, 1.807) is 36.4 Å². The van der Waals surface area contributed by atoms with E-state index in [9.17, 15) is 9.59 Å². The number of para-hydroxylation sites is 1. The average molecular weight is 427 g/mol. The lowest BCUT2D eigenvalue weighted by Gasteiger charge is -2.16. The zero-order valence-corrected chi connectivity index (χ0v) is 17.5. The molecule has 0 saturated carbocycles. The normalized spacial score (nSPS) is 14.8. The van der Waals surface area contributed by atoms with Crippen LogP contribution in [0, 0.1) is 0 Å². The maximum Gasteiger partial charge on any atom is 0.288 e. The first-order valence-corrected chi connectivity index (χ1v) is 10.5. The number of hydrogen-bond acceptors (Lipinski definition) is 5. The van der Waals surface area contributed by atoms with Gasteiger partial charge in [0, 0.05) is 0 Å². The van der Waals surface area contributed by atoms with E-state index in [4.69, 9.17) is 13.9 Å². The van der Waals surface area contributed by atoms with Crippen LogP contribution in [0.1, 0.15) is 40.2 Å². The van der Waals surface area contributed by atoms with E-state index in [0.717, 1.165) is 11.1 Å². The van der Waals surface area contributed by atoms with Crippen LogP contribution in [0.25, 0.3) is 11.0 Å². The van der Waals surface area contributed by atoms with Crippen LogP contribution in [0.4, 0.5) is 0 Å². The number of hydrogen-bond donors (Lipinski definition) is 1. The van der Waals surface area contributed by atoms with Gasteiger partial charge in [0.05, 0.1) is 23.6 Å². The third-order valence-electron chi connectivity index (χ3n) is 5.44. The predicted octanol–water partition coefficient (Wildman–Crippen LogP) is 4.60. The standard InChI is InChI=1S/C26H21NO5/c1-2-30-21-14-17(12-13-20(21)31-15-16-8-4-3-5-9-16)23-22-24(28)18-10-6-7-11-19(18)32-25(22)26(29)27-23/h3-14,23H,2,15H2,1H3,(H,27,29). The first-order chi connectivity index (χ1) is 15.7. The summed E-state index contributed by atoms with van der Waals surface area (Å²) in [5.74, 6) is 0.791. The van der Waals surface area contributed by atoms with E-state index in [2.05, 4.69) is 5.32 Å². The van der Waals surface area contributed by atoms with Gasteiger partial charge < -0.3 is 19.2 Å². The van der Waals surface area contributed by atoms with Crippen molar-refractivity contribution < 1.29 is 18.7 Å². The maximum absolute atomic E-state index is 13.2. The zero-order valence-electron chi connectivity index (χ0n) is 17.5. The minimum atomic E-state index is -0.624. The molecular formula is C26H21NO5. The van der Waals surface area contributed by atoms with Crippen LogP contribution in [-0.2, 0) is 6.61 Å². The molecule has 6 nitrogen and oxygen atoms in total. The van der Waals surface area contributed by atoms with Crippen LogP contribution in [0.15, 0.2) is 82.0 Å². The number of fused-ring (bicyclic) bond motifs is 2. The van der Waals surface area contributed by atoms with E-state index >= 15 is 0 Å². The van der Waals surface area contributed by atoms with Gasteiger partial charge in [-0.1, -0.05) is 48.5 Å². The molecule has 0 bridgehead atoms. The summed E-state index contributed by atoms with van der Waals surface area (Å²) in [6, 6.07) is 21.6. The Morgan fingerprint density at radius 2 is 1.69 bits per heavy atom. The number of carbonyl (C=O) groups is 1.